The molecular formula is C18H24N4O2. The fourth-order valence-electron chi connectivity index (χ4n) is 2.38. The van der Waals surface area contributed by atoms with E-state index in [0.717, 1.165) is 11.4 Å². The largest absolute Gasteiger partial charge is 0.350 e. The molecule has 0 spiro atoms. The van der Waals surface area contributed by atoms with Crippen LogP contribution in [0.1, 0.15) is 42.0 Å². The Morgan fingerprint density at radius 1 is 1.17 bits per heavy atom. The average Bonchev–Trinajstić information content (AvgIpc) is 2.83. The molecule has 24 heavy (non-hydrogen) atoms. The number of hydrogen-bond donors (Lipinski definition) is 2. The van der Waals surface area contributed by atoms with Gasteiger partial charge in [0.2, 0.25) is 5.91 Å². The van der Waals surface area contributed by atoms with E-state index in [2.05, 4.69) is 15.7 Å². The van der Waals surface area contributed by atoms with Gasteiger partial charge in [-0.3, -0.25) is 14.3 Å². The summed E-state index contributed by atoms with van der Waals surface area (Å²) in [4.78, 5) is 23.9. The van der Waals surface area contributed by atoms with Crippen LogP contribution in [-0.4, -0.2) is 27.6 Å². The van der Waals surface area contributed by atoms with Gasteiger partial charge in [-0.15, -0.1) is 0 Å². The van der Waals surface area contributed by atoms with Crippen LogP contribution in [0.3, 0.4) is 0 Å². The molecule has 0 saturated carbocycles. The van der Waals surface area contributed by atoms with Gasteiger partial charge in [0.15, 0.2) is 0 Å². The minimum absolute atomic E-state index is 0.0815. The molecule has 1 aromatic heterocycles. The van der Waals surface area contributed by atoms with Crippen molar-refractivity contribution in [3.63, 3.8) is 0 Å². The molecule has 0 radical (unpaired) electrons. The molecule has 0 atom stereocenters. The fraction of sp³-hybridized carbons (Fsp3) is 0.389. The number of rotatable bonds is 6. The summed E-state index contributed by atoms with van der Waals surface area (Å²) in [7, 11) is 0. The van der Waals surface area contributed by atoms with E-state index in [4.69, 9.17) is 0 Å². The highest BCUT2D eigenvalue weighted by Gasteiger charge is 2.08. The molecule has 1 heterocycles. The number of anilines is 1. The SMILES string of the molecule is Cc1cc(C)n(CCC(=O)Nc2ccc(C(=O)NC(C)C)cc2)n1. The van der Waals surface area contributed by atoms with Gasteiger partial charge in [-0.2, -0.15) is 5.10 Å². The Morgan fingerprint density at radius 3 is 2.38 bits per heavy atom. The second-order valence-electron chi connectivity index (χ2n) is 6.15. The van der Waals surface area contributed by atoms with E-state index in [9.17, 15) is 9.59 Å². The van der Waals surface area contributed by atoms with Crippen molar-refractivity contribution in [3.8, 4) is 0 Å². The highest BCUT2D eigenvalue weighted by molar-refractivity contribution is 5.95. The van der Waals surface area contributed by atoms with Crippen molar-refractivity contribution in [2.75, 3.05) is 5.32 Å². The molecule has 0 aliphatic heterocycles. The lowest BCUT2D eigenvalue weighted by molar-refractivity contribution is -0.116. The predicted molar refractivity (Wildman–Crippen MR) is 94.0 cm³/mol. The molecule has 0 aliphatic carbocycles. The molecule has 1 aromatic carbocycles. The molecule has 2 N–H and O–H groups in total. The number of hydrogen-bond acceptors (Lipinski definition) is 3. The van der Waals surface area contributed by atoms with Gasteiger partial charge in [0.05, 0.1) is 5.69 Å². The third-order valence-electron chi connectivity index (χ3n) is 3.50. The summed E-state index contributed by atoms with van der Waals surface area (Å²) in [6.45, 7) is 8.27. The lowest BCUT2D eigenvalue weighted by Crippen LogP contribution is -2.30. The summed E-state index contributed by atoms with van der Waals surface area (Å²) in [5.41, 5.74) is 3.24. The molecule has 6 nitrogen and oxygen atoms in total. The quantitative estimate of drug-likeness (QED) is 0.856. The molecule has 2 amide bonds. The Morgan fingerprint density at radius 2 is 1.83 bits per heavy atom. The number of carbonyl (C=O) groups is 2. The Labute approximate surface area is 142 Å². The summed E-state index contributed by atoms with van der Waals surface area (Å²) in [5.74, 6) is -0.200. The summed E-state index contributed by atoms with van der Waals surface area (Å²) >= 11 is 0. The Bertz CT molecular complexity index is 717. The van der Waals surface area contributed by atoms with Crippen LogP contribution in [0, 0.1) is 13.8 Å². The highest BCUT2D eigenvalue weighted by Crippen LogP contribution is 2.11. The number of benzene rings is 1. The minimum atomic E-state index is -0.118. The van der Waals surface area contributed by atoms with E-state index < -0.39 is 0 Å². The minimum Gasteiger partial charge on any atom is -0.350 e. The lowest BCUT2D eigenvalue weighted by Gasteiger charge is -2.10. The number of carbonyl (C=O) groups excluding carboxylic acids is 2. The highest BCUT2D eigenvalue weighted by atomic mass is 16.2. The molecule has 0 bridgehead atoms. The number of aromatic nitrogens is 2. The van der Waals surface area contributed by atoms with Gasteiger partial charge in [-0.1, -0.05) is 0 Å². The maximum atomic E-state index is 12.0. The van der Waals surface area contributed by atoms with Gasteiger partial charge in [-0.05, 0) is 58.0 Å². The van der Waals surface area contributed by atoms with Crippen LogP contribution in [0.15, 0.2) is 30.3 Å². The standard InChI is InChI=1S/C18H24N4O2/c1-12(2)19-18(24)15-5-7-16(8-6-15)20-17(23)9-10-22-14(4)11-13(3)21-22/h5-8,11-12H,9-10H2,1-4H3,(H,19,24)(H,20,23). The molecule has 2 aromatic rings. The maximum absolute atomic E-state index is 12.0. The van der Waals surface area contributed by atoms with Crippen molar-refractivity contribution in [1.29, 1.82) is 0 Å². The zero-order valence-corrected chi connectivity index (χ0v) is 14.6. The smallest absolute Gasteiger partial charge is 0.251 e. The molecule has 0 fully saturated rings. The monoisotopic (exact) mass is 328 g/mol. The van der Waals surface area contributed by atoms with Crippen LogP contribution in [0.2, 0.25) is 0 Å². The number of amides is 2. The van der Waals surface area contributed by atoms with Crippen molar-refractivity contribution in [2.45, 2.75) is 46.7 Å². The van der Waals surface area contributed by atoms with Gasteiger partial charge in [0.1, 0.15) is 0 Å². The first-order valence-electron chi connectivity index (χ1n) is 8.07. The Balaban J connectivity index is 1.87. The van der Waals surface area contributed by atoms with Crippen molar-refractivity contribution < 1.29 is 9.59 Å². The predicted octanol–water partition coefficient (Wildman–Crippen LogP) is 2.67. The van der Waals surface area contributed by atoms with E-state index in [1.165, 1.54) is 0 Å². The van der Waals surface area contributed by atoms with E-state index in [1.54, 1.807) is 24.3 Å². The topological polar surface area (TPSA) is 76.0 Å². The van der Waals surface area contributed by atoms with E-state index in [-0.39, 0.29) is 17.9 Å². The third kappa shape index (κ3) is 4.94. The number of nitrogens with zero attached hydrogens (tertiary/aromatic N) is 2. The van der Waals surface area contributed by atoms with E-state index in [1.807, 2.05) is 38.4 Å². The summed E-state index contributed by atoms with van der Waals surface area (Å²) in [6.07, 6.45) is 0.345. The maximum Gasteiger partial charge on any atom is 0.251 e. The van der Waals surface area contributed by atoms with Gasteiger partial charge < -0.3 is 10.6 Å². The van der Waals surface area contributed by atoms with Gasteiger partial charge in [0, 0.05) is 36.0 Å². The lowest BCUT2D eigenvalue weighted by atomic mass is 10.2. The van der Waals surface area contributed by atoms with Crippen LogP contribution in [-0.2, 0) is 11.3 Å². The van der Waals surface area contributed by atoms with Crippen molar-refractivity contribution in [3.05, 3.63) is 47.3 Å². The van der Waals surface area contributed by atoms with Crippen molar-refractivity contribution in [1.82, 2.24) is 15.1 Å². The molecular weight excluding hydrogens is 304 g/mol. The van der Waals surface area contributed by atoms with Crippen LogP contribution in [0.4, 0.5) is 5.69 Å². The molecule has 0 saturated heterocycles. The third-order valence-corrected chi connectivity index (χ3v) is 3.50. The molecule has 128 valence electrons. The molecule has 0 unspecified atom stereocenters. The van der Waals surface area contributed by atoms with Gasteiger partial charge >= 0.3 is 0 Å². The van der Waals surface area contributed by atoms with Crippen LogP contribution in [0.5, 0.6) is 0 Å². The first kappa shape index (κ1) is 17.7. The van der Waals surface area contributed by atoms with Crippen LogP contribution in [0.25, 0.3) is 0 Å². The summed E-state index contributed by atoms with van der Waals surface area (Å²) in [6, 6.07) is 8.94. The first-order valence-corrected chi connectivity index (χ1v) is 8.07. The number of nitrogens with one attached hydrogen (secondary N) is 2. The number of aryl methyl sites for hydroxylation is 3. The Kier molecular flexibility index (Phi) is 5.73. The summed E-state index contributed by atoms with van der Waals surface area (Å²) < 4.78 is 1.83. The Hall–Kier alpha value is -2.63. The van der Waals surface area contributed by atoms with Crippen molar-refractivity contribution in [2.24, 2.45) is 0 Å². The zero-order valence-electron chi connectivity index (χ0n) is 14.6. The van der Waals surface area contributed by atoms with Crippen LogP contribution >= 0.6 is 0 Å². The normalized spacial score (nSPS) is 10.7. The average molecular weight is 328 g/mol. The molecule has 2 rings (SSSR count). The fourth-order valence-corrected chi connectivity index (χ4v) is 2.38. The second kappa shape index (κ2) is 7.77. The van der Waals surface area contributed by atoms with Gasteiger partial charge in [-0.25, -0.2) is 0 Å². The van der Waals surface area contributed by atoms with Crippen LogP contribution < -0.4 is 10.6 Å². The molecule has 6 heteroatoms. The van der Waals surface area contributed by atoms with E-state index in [0.29, 0.717) is 24.2 Å². The zero-order chi connectivity index (χ0) is 17.7. The second-order valence-corrected chi connectivity index (χ2v) is 6.15. The van der Waals surface area contributed by atoms with Gasteiger partial charge in [0.25, 0.3) is 5.91 Å². The van der Waals surface area contributed by atoms with Crippen molar-refractivity contribution >= 4 is 17.5 Å². The molecule has 0 aliphatic rings. The first-order chi connectivity index (χ1) is 11.3. The summed E-state index contributed by atoms with van der Waals surface area (Å²) in [5, 5.41) is 10.00. The van der Waals surface area contributed by atoms with E-state index >= 15 is 0 Å².